The van der Waals surface area contributed by atoms with Crippen LogP contribution in [-0.4, -0.2) is 39.8 Å². The number of methoxy groups -OCH3 is 1. The molecule has 0 radical (unpaired) electrons. The second kappa shape index (κ2) is 10.4. The van der Waals surface area contributed by atoms with Crippen LogP contribution in [0.25, 0.3) is 0 Å². The Labute approximate surface area is 161 Å². The number of nitrogens with one attached hydrogen (secondary N) is 2. The molecule has 0 aliphatic carbocycles. The van der Waals surface area contributed by atoms with Crippen LogP contribution in [0.4, 0.5) is 5.69 Å². The minimum Gasteiger partial charge on any atom is -0.494 e. The molecule has 0 aromatic heterocycles. The second-order valence-electron chi connectivity index (χ2n) is 6.23. The van der Waals surface area contributed by atoms with Crippen LogP contribution in [0, 0.1) is 0 Å². The van der Waals surface area contributed by atoms with E-state index in [1.54, 1.807) is 7.11 Å². The van der Waals surface area contributed by atoms with E-state index in [4.69, 9.17) is 14.2 Å². The Hall–Kier alpha value is -2.73. The number of hydrogen-bond acceptors (Lipinski definition) is 4. The number of carbonyl (C=O) groups excluding carboxylic acids is 1. The summed E-state index contributed by atoms with van der Waals surface area (Å²) >= 11 is 0. The van der Waals surface area contributed by atoms with Crippen molar-refractivity contribution < 1.29 is 23.9 Å². The van der Waals surface area contributed by atoms with Crippen molar-refractivity contribution in [1.29, 1.82) is 0 Å². The molecule has 6 heteroatoms. The van der Waals surface area contributed by atoms with E-state index in [-0.39, 0.29) is 5.91 Å². The maximum Gasteiger partial charge on any atom is 0.279 e. The number of amides is 1. The number of benzene rings is 2. The van der Waals surface area contributed by atoms with Crippen molar-refractivity contribution in [3.05, 3.63) is 48.0 Å². The molecule has 6 nitrogen and oxygen atoms in total. The predicted molar refractivity (Wildman–Crippen MR) is 106 cm³/mol. The molecule has 1 amide bonds. The quantitative estimate of drug-likeness (QED) is 0.670. The molecule has 0 aliphatic rings. The third kappa shape index (κ3) is 6.49. The van der Waals surface area contributed by atoms with Crippen molar-refractivity contribution in [3.8, 4) is 17.2 Å². The fourth-order valence-electron chi connectivity index (χ4n) is 2.79. The number of hydrogen-bond donors (Lipinski definition) is 2. The lowest BCUT2D eigenvalue weighted by Gasteiger charge is -2.16. The fraction of sp³-hybridized carbons (Fsp3) is 0.381. The summed E-state index contributed by atoms with van der Waals surface area (Å²) in [6.07, 6.45) is 0. The summed E-state index contributed by atoms with van der Waals surface area (Å²) in [7, 11) is 3.61. The third-order valence-electron chi connectivity index (χ3n) is 3.95. The first-order chi connectivity index (χ1) is 13.0. The largest absolute Gasteiger partial charge is 0.494 e. The smallest absolute Gasteiger partial charge is 0.279 e. The van der Waals surface area contributed by atoms with Gasteiger partial charge >= 0.3 is 0 Å². The molecule has 0 fully saturated rings. The van der Waals surface area contributed by atoms with Gasteiger partial charge in [-0.15, -0.1) is 0 Å². The van der Waals surface area contributed by atoms with Crippen molar-refractivity contribution in [2.45, 2.75) is 20.4 Å². The molecule has 2 aromatic carbocycles. The third-order valence-corrected chi connectivity index (χ3v) is 3.95. The Morgan fingerprint density at radius 3 is 2.33 bits per heavy atom. The Balaban J connectivity index is 1.89. The summed E-state index contributed by atoms with van der Waals surface area (Å²) in [4.78, 5) is 13.4. The van der Waals surface area contributed by atoms with Gasteiger partial charge < -0.3 is 24.4 Å². The van der Waals surface area contributed by atoms with Gasteiger partial charge in [-0.3, -0.25) is 4.79 Å². The molecular weight excluding hydrogens is 344 g/mol. The summed E-state index contributed by atoms with van der Waals surface area (Å²) in [6, 6.07) is 13.3. The Bertz CT molecular complexity index is 731. The van der Waals surface area contributed by atoms with Crippen LogP contribution in [0.5, 0.6) is 17.2 Å². The van der Waals surface area contributed by atoms with Gasteiger partial charge in [0, 0.05) is 11.3 Å². The first-order valence-corrected chi connectivity index (χ1v) is 9.19. The monoisotopic (exact) mass is 373 g/mol. The van der Waals surface area contributed by atoms with Gasteiger partial charge in [0.1, 0.15) is 12.3 Å². The van der Waals surface area contributed by atoms with Crippen molar-refractivity contribution in [3.63, 3.8) is 0 Å². The molecule has 0 aliphatic heterocycles. The van der Waals surface area contributed by atoms with Crippen LogP contribution < -0.4 is 24.4 Å². The van der Waals surface area contributed by atoms with Crippen LogP contribution in [0.3, 0.4) is 0 Å². The van der Waals surface area contributed by atoms with Gasteiger partial charge in [-0.25, -0.2) is 0 Å². The zero-order valence-electron chi connectivity index (χ0n) is 16.5. The number of likely N-dealkylation sites (N-methyl/N-ethyl adjacent to an activating group) is 1. The van der Waals surface area contributed by atoms with E-state index in [2.05, 4.69) is 5.32 Å². The Morgan fingerprint density at radius 1 is 1.00 bits per heavy atom. The SMILES string of the molecule is CCOc1ccc(NC(=O)C[NH+](C)Cc2ccc(OCC)c(OC)c2)cc1. The molecule has 0 heterocycles. The summed E-state index contributed by atoms with van der Waals surface area (Å²) in [6.45, 7) is 6.16. The highest BCUT2D eigenvalue weighted by atomic mass is 16.5. The minimum atomic E-state index is -0.0328. The first kappa shape index (κ1) is 20.6. The van der Waals surface area contributed by atoms with Crippen LogP contribution in [0.1, 0.15) is 19.4 Å². The highest BCUT2D eigenvalue weighted by molar-refractivity contribution is 5.91. The highest BCUT2D eigenvalue weighted by Gasteiger charge is 2.13. The summed E-state index contributed by atoms with van der Waals surface area (Å²) in [5.41, 5.74) is 1.85. The maximum atomic E-state index is 12.3. The fourth-order valence-corrected chi connectivity index (χ4v) is 2.79. The molecule has 1 unspecified atom stereocenters. The van der Waals surface area contributed by atoms with Gasteiger partial charge in [-0.2, -0.15) is 0 Å². The molecule has 1 atom stereocenters. The van der Waals surface area contributed by atoms with Crippen LogP contribution in [-0.2, 0) is 11.3 Å². The van der Waals surface area contributed by atoms with Gasteiger partial charge in [0.2, 0.25) is 0 Å². The van der Waals surface area contributed by atoms with E-state index >= 15 is 0 Å². The Kier molecular flexibility index (Phi) is 7.95. The van der Waals surface area contributed by atoms with E-state index in [1.807, 2.05) is 63.4 Å². The zero-order valence-corrected chi connectivity index (χ0v) is 16.5. The number of ether oxygens (including phenoxy) is 3. The van der Waals surface area contributed by atoms with Crippen LogP contribution >= 0.6 is 0 Å². The lowest BCUT2D eigenvalue weighted by atomic mass is 10.2. The average Bonchev–Trinajstić information content (AvgIpc) is 2.64. The van der Waals surface area contributed by atoms with E-state index < -0.39 is 0 Å². The van der Waals surface area contributed by atoms with Crippen molar-refractivity contribution in [1.82, 2.24) is 0 Å². The van der Waals surface area contributed by atoms with Gasteiger partial charge in [-0.05, 0) is 56.3 Å². The number of quaternary nitrogens is 1. The van der Waals surface area contributed by atoms with Crippen molar-refractivity contribution in [2.75, 3.05) is 39.2 Å². The molecule has 0 saturated heterocycles. The van der Waals surface area contributed by atoms with Gasteiger partial charge in [-0.1, -0.05) is 0 Å². The minimum absolute atomic E-state index is 0.0328. The standard InChI is InChI=1S/C21H28N2O4/c1-5-26-18-10-8-17(9-11-18)22-21(24)15-23(3)14-16-7-12-19(27-6-2)20(13-16)25-4/h7-13H,5-6,14-15H2,1-4H3,(H,22,24)/p+1. The van der Waals surface area contributed by atoms with Crippen molar-refractivity contribution in [2.24, 2.45) is 0 Å². The van der Waals surface area contributed by atoms with Gasteiger partial charge in [0.25, 0.3) is 5.91 Å². The molecule has 0 saturated carbocycles. The summed E-state index contributed by atoms with van der Waals surface area (Å²) in [5.74, 6) is 2.20. The predicted octanol–water partition coefficient (Wildman–Crippen LogP) is 2.15. The Morgan fingerprint density at radius 2 is 1.70 bits per heavy atom. The molecule has 2 N–H and O–H groups in total. The first-order valence-electron chi connectivity index (χ1n) is 9.19. The summed E-state index contributed by atoms with van der Waals surface area (Å²) < 4.78 is 16.3. The normalized spacial score (nSPS) is 11.6. The molecule has 146 valence electrons. The number of carbonyl (C=O) groups is 1. The van der Waals surface area contributed by atoms with E-state index in [1.165, 1.54) is 0 Å². The molecule has 0 bridgehead atoms. The topological polar surface area (TPSA) is 61.2 Å². The summed E-state index contributed by atoms with van der Waals surface area (Å²) in [5, 5.41) is 2.92. The lowest BCUT2D eigenvalue weighted by molar-refractivity contribution is -0.885. The zero-order chi connectivity index (χ0) is 19.6. The average molecular weight is 373 g/mol. The van der Waals surface area contributed by atoms with Crippen LogP contribution in [0.2, 0.25) is 0 Å². The van der Waals surface area contributed by atoms with E-state index in [0.29, 0.717) is 32.1 Å². The number of anilines is 1. The molecular formula is C21H29N2O4+. The highest BCUT2D eigenvalue weighted by Crippen LogP contribution is 2.27. The van der Waals surface area contributed by atoms with Gasteiger partial charge in [0.05, 0.1) is 27.4 Å². The molecule has 2 rings (SSSR count). The van der Waals surface area contributed by atoms with Gasteiger partial charge in [0.15, 0.2) is 18.0 Å². The number of rotatable bonds is 10. The molecule has 0 spiro atoms. The lowest BCUT2D eigenvalue weighted by Crippen LogP contribution is -3.08. The van der Waals surface area contributed by atoms with Crippen LogP contribution in [0.15, 0.2) is 42.5 Å². The van der Waals surface area contributed by atoms with Crippen molar-refractivity contribution >= 4 is 11.6 Å². The second-order valence-corrected chi connectivity index (χ2v) is 6.23. The molecule has 2 aromatic rings. The maximum absolute atomic E-state index is 12.3. The molecule has 27 heavy (non-hydrogen) atoms. The van der Waals surface area contributed by atoms with E-state index in [0.717, 1.165) is 27.6 Å². The van der Waals surface area contributed by atoms with E-state index in [9.17, 15) is 4.79 Å².